The Morgan fingerprint density at radius 2 is 2.10 bits per heavy atom. The van der Waals surface area contributed by atoms with Crippen LogP contribution in [0.4, 0.5) is 0 Å². The van der Waals surface area contributed by atoms with Gasteiger partial charge in [0.15, 0.2) is 0 Å². The minimum atomic E-state index is -0.585. The maximum absolute atomic E-state index is 10.6. The molecule has 0 saturated carbocycles. The molecule has 0 aromatic heterocycles. The predicted molar refractivity (Wildman–Crippen MR) is 80.4 cm³/mol. The van der Waals surface area contributed by atoms with Crippen molar-refractivity contribution < 1.29 is 9.53 Å². The van der Waals surface area contributed by atoms with E-state index >= 15 is 0 Å². The number of hydrogen-bond donors (Lipinski definition) is 1. The van der Waals surface area contributed by atoms with Crippen LogP contribution in [0.1, 0.15) is 19.4 Å². The second-order valence-corrected chi connectivity index (χ2v) is 4.79. The Balaban J connectivity index is 2.63. The van der Waals surface area contributed by atoms with Crippen molar-refractivity contribution in [2.45, 2.75) is 26.3 Å². The largest absolute Gasteiger partial charge is 0.496 e. The van der Waals surface area contributed by atoms with E-state index in [1.807, 2.05) is 18.2 Å². The van der Waals surface area contributed by atoms with Crippen molar-refractivity contribution in [3.8, 4) is 17.6 Å². The van der Waals surface area contributed by atoms with E-state index in [9.17, 15) is 4.79 Å². The fourth-order valence-electron chi connectivity index (χ4n) is 1.92. The van der Waals surface area contributed by atoms with Gasteiger partial charge in [-0.2, -0.15) is 0 Å². The van der Waals surface area contributed by atoms with Crippen LogP contribution in [0.15, 0.2) is 24.3 Å². The molecule has 0 aliphatic rings. The number of ether oxygens (including phenoxy) is 1. The minimum absolute atomic E-state index is 0.354. The number of carbonyl (C=O) groups excluding carboxylic acids is 1. The number of benzene rings is 1. The summed E-state index contributed by atoms with van der Waals surface area (Å²) >= 11 is 0. The molecule has 0 saturated heterocycles. The van der Waals surface area contributed by atoms with Crippen LogP contribution < -0.4 is 10.5 Å². The summed E-state index contributed by atoms with van der Waals surface area (Å²) in [5.74, 6) is 5.49. The van der Waals surface area contributed by atoms with Crippen LogP contribution in [0.3, 0.4) is 0 Å². The summed E-state index contributed by atoms with van der Waals surface area (Å²) in [5, 5.41) is 0. The number of hydrogen-bond acceptors (Lipinski definition) is 3. The first kappa shape index (κ1) is 16.1. The Morgan fingerprint density at radius 1 is 1.40 bits per heavy atom. The zero-order chi connectivity index (χ0) is 15.0. The Kier molecular flexibility index (Phi) is 6.61. The molecule has 0 fully saturated rings. The van der Waals surface area contributed by atoms with Crippen LogP contribution in [0.5, 0.6) is 5.75 Å². The van der Waals surface area contributed by atoms with Gasteiger partial charge in [0.25, 0.3) is 5.91 Å². The molecule has 1 amide bonds. The van der Waals surface area contributed by atoms with Crippen molar-refractivity contribution in [1.82, 2.24) is 4.90 Å². The molecule has 1 aromatic rings. The third-order valence-corrected chi connectivity index (χ3v) is 3.08. The van der Waals surface area contributed by atoms with Gasteiger partial charge in [-0.05, 0) is 37.8 Å². The van der Waals surface area contributed by atoms with Crippen molar-refractivity contribution in [1.29, 1.82) is 0 Å². The summed E-state index contributed by atoms with van der Waals surface area (Å²) in [7, 11) is 1.68. The summed E-state index contributed by atoms with van der Waals surface area (Å²) in [6, 6.07) is 8.34. The van der Waals surface area contributed by atoms with Gasteiger partial charge in [0, 0.05) is 12.6 Å². The lowest BCUT2D eigenvalue weighted by Crippen LogP contribution is -2.33. The number of methoxy groups -OCH3 is 1. The highest BCUT2D eigenvalue weighted by atomic mass is 16.5. The van der Waals surface area contributed by atoms with Gasteiger partial charge < -0.3 is 10.5 Å². The van der Waals surface area contributed by atoms with Crippen molar-refractivity contribution in [3.05, 3.63) is 29.8 Å². The monoisotopic (exact) mass is 274 g/mol. The third-order valence-electron chi connectivity index (χ3n) is 3.08. The van der Waals surface area contributed by atoms with Gasteiger partial charge in [-0.1, -0.05) is 24.1 Å². The van der Waals surface area contributed by atoms with Crippen LogP contribution in [0.2, 0.25) is 0 Å². The first-order chi connectivity index (χ1) is 9.54. The van der Waals surface area contributed by atoms with Crippen molar-refractivity contribution in [3.63, 3.8) is 0 Å². The molecule has 0 radical (unpaired) electrons. The van der Waals surface area contributed by atoms with E-state index in [4.69, 9.17) is 10.5 Å². The molecule has 108 valence electrons. The molecule has 20 heavy (non-hydrogen) atoms. The number of nitrogens with zero attached hydrogens (tertiary/aromatic N) is 1. The van der Waals surface area contributed by atoms with Crippen LogP contribution in [0, 0.1) is 11.8 Å². The molecule has 0 atom stereocenters. The maximum Gasteiger partial charge on any atom is 0.293 e. The predicted octanol–water partition coefficient (Wildman–Crippen LogP) is 1.44. The van der Waals surface area contributed by atoms with Crippen LogP contribution >= 0.6 is 0 Å². The summed E-state index contributed by atoms with van der Waals surface area (Å²) in [6.07, 6.45) is 0.875. The Labute approximate surface area is 120 Å². The Bertz CT molecular complexity index is 501. The minimum Gasteiger partial charge on any atom is -0.496 e. The molecule has 0 unspecified atom stereocenters. The van der Waals surface area contributed by atoms with Gasteiger partial charge in [-0.15, -0.1) is 0 Å². The Hall–Kier alpha value is -1.99. The molecule has 0 heterocycles. The third kappa shape index (κ3) is 5.33. The fraction of sp³-hybridized carbons (Fsp3) is 0.438. The second-order valence-electron chi connectivity index (χ2n) is 4.79. The molecule has 0 aliphatic carbocycles. The molecular weight excluding hydrogens is 252 g/mol. The van der Waals surface area contributed by atoms with E-state index in [-0.39, 0.29) is 0 Å². The molecule has 1 rings (SSSR count). The first-order valence-electron chi connectivity index (χ1n) is 6.68. The average Bonchev–Trinajstić information content (AvgIpc) is 2.42. The lowest BCUT2D eigenvalue weighted by atomic mass is 10.1. The van der Waals surface area contributed by atoms with Crippen LogP contribution in [-0.4, -0.2) is 37.0 Å². The van der Waals surface area contributed by atoms with Gasteiger partial charge in [0.2, 0.25) is 0 Å². The topological polar surface area (TPSA) is 55.6 Å². The smallest absolute Gasteiger partial charge is 0.293 e. The van der Waals surface area contributed by atoms with Crippen molar-refractivity contribution in [2.75, 3.05) is 20.2 Å². The highest BCUT2D eigenvalue weighted by Gasteiger charge is 2.09. The van der Waals surface area contributed by atoms with Gasteiger partial charge in [0.1, 0.15) is 5.75 Å². The fourth-order valence-corrected chi connectivity index (χ4v) is 1.92. The number of carbonyl (C=O) groups is 1. The number of primary amides is 1. The second kappa shape index (κ2) is 8.23. The van der Waals surface area contributed by atoms with Crippen molar-refractivity contribution in [2.24, 2.45) is 5.73 Å². The van der Waals surface area contributed by atoms with E-state index in [1.165, 1.54) is 5.56 Å². The summed E-state index contributed by atoms with van der Waals surface area (Å²) in [4.78, 5) is 12.8. The van der Waals surface area contributed by atoms with E-state index < -0.39 is 5.91 Å². The van der Waals surface area contributed by atoms with Gasteiger partial charge in [-0.25, -0.2) is 0 Å². The standard InChI is InChI=1S/C16H22N2O2/c1-13(2)18(11-6-9-16(17)19)12-10-14-7-4-5-8-15(14)20-3/h4-5,7-8,13H,10-12H2,1-3H3,(H2,17,19). The average molecular weight is 274 g/mol. The zero-order valence-corrected chi connectivity index (χ0v) is 12.3. The van der Waals surface area contributed by atoms with E-state index in [0.717, 1.165) is 18.7 Å². The molecule has 0 aliphatic heterocycles. The normalized spacial score (nSPS) is 10.2. The zero-order valence-electron chi connectivity index (χ0n) is 12.3. The number of amides is 1. The van der Waals surface area contributed by atoms with Gasteiger partial charge >= 0.3 is 0 Å². The molecule has 0 bridgehead atoms. The highest BCUT2D eigenvalue weighted by molar-refractivity contribution is 5.91. The molecule has 4 nitrogen and oxygen atoms in total. The van der Waals surface area contributed by atoms with Crippen LogP contribution in [-0.2, 0) is 11.2 Å². The molecular formula is C16H22N2O2. The Morgan fingerprint density at radius 3 is 2.70 bits per heavy atom. The molecule has 0 spiro atoms. The highest BCUT2D eigenvalue weighted by Crippen LogP contribution is 2.18. The van der Waals surface area contributed by atoms with Crippen LogP contribution in [0.25, 0.3) is 0 Å². The molecule has 4 heteroatoms. The van der Waals surface area contributed by atoms with Gasteiger partial charge in [0.05, 0.1) is 13.7 Å². The van der Waals surface area contributed by atoms with E-state index in [1.54, 1.807) is 7.11 Å². The maximum atomic E-state index is 10.6. The summed E-state index contributed by atoms with van der Waals surface area (Å²) in [5.41, 5.74) is 6.18. The van der Waals surface area contributed by atoms with E-state index in [0.29, 0.717) is 12.6 Å². The summed E-state index contributed by atoms with van der Waals surface area (Å²) < 4.78 is 5.34. The van der Waals surface area contributed by atoms with E-state index in [2.05, 4.69) is 36.7 Å². The number of rotatable bonds is 6. The first-order valence-corrected chi connectivity index (χ1v) is 6.68. The number of nitrogens with two attached hydrogens (primary N) is 1. The number of para-hydroxylation sites is 1. The molecule has 1 aromatic carbocycles. The SMILES string of the molecule is COc1ccccc1CCN(CC#CC(N)=O)C(C)C. The van der Waals surface area contributed by atoms with Gasteiger partial charge in [-0.3, -0.25) is 9.69 Å². The molecule has 2 N–H and O–H groups in total. The summed E-state index contributed by atoms with van der Waals surface area (Å²) in [6.45, 7) is 5.60. The van der Waals surface area contributed by atoms with Crippen molar-refractivity contribution >= 4 is 5.91 Å². The quantitative estimate of drug-likeness (QED) is 0.799. The lowest BCUT2D eigenvalue weighted by molar-refractivity contribution is -0.112. The lowest BCUT2D eigenvalue weighted by Gasteiger charge is -2.24.